The fourth-order valence-electron chi connectivity index (χ4n) is 1.43. The van der Waals surface area contributed by atoms with Gasteiger partial charge in [-0.05, 0) is 36.1 Å². The lowest BCUT2D eigenvalue weighted by Crippen LogP contribution is -2.10. The maximum atomic E-state index is 10.7. The zero-order chi connectivity index (χ0) is 13.2. The van der Waals surface area contributed by atoms with Gasteiger partial charge < -0.3 is 10.2 Å². The van der Waals surface area contributed by atoms with Crippen LogP contribution in [0.3, 0.4) is 0 Å². The van der Waals surface area contributed by atoms with Gasteiger partial charge in [-0.1, -0.05) is 26.8 Å². The topological polar surface area (TPSA) is 57.5 Å². The highest BCUT2D eigenvalue weighted by molar-refractivity contribution is 5.91. The summed E-state index contributed by atoms with van der Waals surface area (Å²) in [5.74, 6) is -0.885. The lowest BCUT2D eigenvalue weighted by molar-refractivity contribution is -0.132. The lowest BCUT2D eigenvalue weighted by atomic mass is 9.86. The average molecular weight is 234 g/mol. The lowest BCUT2D eigenvalue weighted by Gasteiger charge is -2.19. The second-order valence-electron chi connectivity index (χ2n) is 5.16. The molecule has 0 saturated carbocycles. The Morgan fingerprint density at radius 1 is 1.29 bits per heavy atom. The number of hydrogen-bond donors (Lipinski definition) is 2. The Labute approximate surface area is 101 Å². The maximum absolute atomic E-state index is 10.7. The number of hydrogen-bond acceptors (Lipinski definition) is 2. The minimum absolute atomic E-state index is 0.0343. The monoisotopic (exact) mass is 234 g/mol. The van der Waals surface area contributed by atoms with Gasteiger partial charge in [0, 0.05) is 11.1 Å². The first-order valence-electron chi connectivity index (χ1n) is 5.47. The van der Waals surface area contributed by atoms with Crippen LogP contribution in [0.4, 0.5) is 0 Å². The summed E-state index contributed by atoms with van der Waals surface area (Å²) < 4.78 is 0. The van der Waals surface area contributed by atoms with Crippen LogP contribution < -0.4 is 0 Å². The number of phenolic OH excluding ortho intramolecular Hbond substituents is 1. The highest BCUT2D eigenvalue weighted by Gasteiger charge is 2.15. The minimum Gasteiger partial charge on any atom is -0.507 e. The average Bonchev–Trinajstić information content (AvgIpc) is 2.19. The summed E-state index contributed by atoms with van der Waals surface area (Å²) in [6, 6.07) is 5.27. The Bertz CT molecular complexity index is 465. The molecule has 17 heavy (non-hydrogen) atoms. The van der Waals surface area contributed by atoms with E-state index in [0.29, 0.717) is 5.56 Å². The molecule has 0 radical (unpaired) electrons. The third kappa shape index (κ3) is 3.34. The number of aromatic hydroxyl groups is 1. The second-order valence-corrected chi connectivity index (χ2v) is 5.16. The van der Waals surface area contributed by atoms with Crippen molar-refractivity contribution in [2.75, 3.05) is 0 Å². The highest BCUT2D eigenvalue weighted by atomic mass is 16.4. The number of aliphatic carboxylic acids is 1. The van der Waals surface area contributed by atoms with Crippen molar-refractivity contribution >= 4 is 12.0 Å². The van der Waals surface area contributed by atoms with Crippen molar-refractivity contribution in [3.8, 4) is 5.75 Å². The molecule has 0 atom stereocenters. The predicted molar refractivity (Wildman–Crippen MR) is 68.1 cm³/mol. The molecule has 3 nitrogen and oxygen atoms in total. The largest absolute Gasteiger partial charge is 0.507 e. The highest BCUT2D eigenvalue weighted by Crippen LogP contribution is 2.28. The van der Waals surface area contributed by atoms with E-state index in [0.717, 1.165) is 5.56 Å². The molecule has 0 amide bonds. The van der Waals surface area contributed by atoms with Crippen LogP contribution in [0, 0.1) is 0 Å². The molecular formula is C14H18O3. The summed E-state index contributed by atoms with van der Waals surface area (Å²) in [6.07, 6.45) is 1.48. The number of carboxylic acids is 1. The van der Waals surface area contributed by atoms with Crippen LogP contribution in [-0.2, 0) is 10.2 Å². The fraction of sp³-hybridized carbons (Fsp3) is 0.357. The van der Waals surface area contributed by atoms with E-state index in [1.807, 2.05) is 12.1 Å². The third-order valence-electron chi connectivity index (χ3n) is 2.60. The molecule has 0 saturated heterocycles. The first kappa shape index (κ1) is 13.3. The smallest absolute Gasteiger partial charge is 0.331 e. The summed E-state index contributed by atoms with van der Waals surface area (Å²) in [5, 5.41) is 18.5. The van der Waals surface area contributed by atoms with Crippen LogP contribution in [0.2, 0.25) is 0 Å². The standard InChI is InChI=1S/C14H18O3/c1-9(13(16)17)7-10-8-11(14(2,3)4)5-6-12(10)15/h5-8,15H,1-4H3,(H,16,17)/b9-7+. The summed E-state index contributed by atoms with van der Waals surface area (Å²) in [5.41, 5.74) is 1.76. The molecule has 1 aromatic rings. The summed E-state index contributed by atoms with van der Waals surface area (Å²) in [7, 11) is 0. The Kier molecular flexibility index (Phi) is 3.61. The minimum atomic E-state index is -0.981. The van der Waals surface area contributed by atoms with E-state index in [1.54, 1.807) is 6.07 Å². The van der Waals surface area contributed by atoms with Crippen molar-refractivity contribution < 1.29 is 15.0 Å². The molecule has 0 unspecified atom stereocenters. The van der Waals surface area contributed by atoms with E-state index in [9.17, 15) is 9.90 Å². The number of carboxylic acid groups (broad SMARTS) is 1. The van der Waals surface area contributed by atoms with Gasteiger partial charge in [0.15, 0.2) is 0 Å². The second kappa shape index (κ2) is 4.62. The van der Waals surface area contributed by atoms with Crippen LogP contribution >= 0.6 is 0 Å². The zero-order valence-corrected chi connectivity index (χ0v) is 10.6. The van der Waals surface area contributed by atoms with Crippen molar-refractivity contribution in [1.82, 2.24) is 0 Å². The molecule has 0 fully saturated rings. The molecule has 0 aromatic heterocycles. The van der Waals surface area contributed by atoms with Crippen LogP contribution in [0.1, 0.15) is 38.8 Å². The Balaban J connectivity index is 3.25. The molecule has 0 aliphatic rings. The van der Waals surface area contributed by atoms with Gasteiger partial charge in [0.05, 0.1) is 0 Å². The Morgan fingerprint density at radius 2 is 1.88 bits per heavy atom. The van der Waals surface area contributed by atoms with Crippen LogP contribution in [0.15, 0.2) is 23.8 Å². The van der Waals surface area contributed by atoms with E-state index in [-0.39, 0.29) is 16.7 Å². The maximum Gasteiger partial charge on any atom is 0.331 e. The van der Waals surface area contributed by atoms with Gasteiger partial charge in [-0.15, -0.1) is 0 Å². The Hall–Kier alpha value is -1.77. The number of phenols is 1. The SMILES string of the molecule is C/C(=C\c1cc(C(C)(C)C)ccc1O)C(=O)O. The van der Waals surface area contributed by atoms with Crippen LogP contribution in [-0.4, -0.2) is 16.2 Å². The molecule has 1 aromatic carbocycles. The molecule has 92 valence electrons. The zero-order valence-electron chi connectivity index (χ0n) is 10.6. The molecule has 0 spiro atoms. The van der Waals surface area contributed by atoms with Crippen molar-refractivity contribution in [2.24, 2.45) is 0 Å². The van der Waals surface area contributed by atoms with Crippen LogP contribution in [0.25, 0.3) is 6.08 Å². The first-order chi connectivity index (χ1) is 7.71. The Morgan fingerprint density at radius 3 is 2.35 bits per heavy atom. The number of carbonyl (C=O) groups is 1. The van der Waals surface area contributed by atoms with E-state index in [1.165, 1.54) is 13.0 Å². The van der Waals surface area contributed by atoms with Crippen LogP contribution in [0.5, 0.6) is 5.75 Å². The van der Waals surface area contributed by atoms with Gasteiger partial charge >= 0.3 is 5.97 Å². The van der Waals surface area contributed by atoms with Gasteiger partial charge in [-0.2, -0.15) is 0 Å². The van der Waals surface area contributed by atoms with Gasteiger partial charge in [0.1, 0.15) is 5.75 Å². The summed E-state index contributed by atoms with van der Waals surface area (Å²) in [6.45, 7) is 7.70. The van der Waals surface area contributed by atoms with Gasteiger partial charge in [-0.25, -0.2) is 4.79 Å². The molecule has 2 N–H and O–H groups in total. The van der Waals surface area contributed by atoms with Gasteiger partial charge in [0.25, 0.3) is 0 Å². The van der Waals surface area contributed by atoms with E-state index in [4.69, 9.17) is 5.11 Å². The molecule has 0 bridgehead atoms. The number of benzene rings is 1. The molecular weight excluding hydrogens is 216 g/mol. The van der Waals surface area contributed by atoms with E-state index in [2.05, 4.69) is 20.8 Å². The summed E-state index contributed by atoms with van der Waals surface area (Å²) in [4.78, 5) is 10.7. The van der Waals surface area contributed by atoms with Gasteiger partial charge in [-0.3, -0.25) is 0 Å². The van der Waals surface area contributed by atoms with Crippen molar-refractivity contribution in [2.45, 2.75) is 33.1 Å². The van der Waals surface area contributed by atoms with E-state index < -0.39 is 5.97 Å². The molecule has 0 heterocycles. The number of rotatable bonds is 2. The quantitative estimate of drug-likeness (QED) is 0.773. The normalized spacial score (nSPS) is 12.6. The third-order valence-corrected chi connectivity index (χ3v) is 2.60. The van der Waals surface area contributed by atoms with E-state index >= 15 is 0 Å². The van der Waals surface area contributed by atoms with Crippen molar-refractivity contribution in [3.63, 3.8) is 0 Å². The predicted octanol–water partition coefficient (Wildman–Crippen LogP) is 3.18. The van der Waals surface area contributed by atoms with Crippen molar-refractivity contribution in [1.29, 1.82) is 0 Å². The van der Waals surface area contributed by atoms with Crippen molar-refractivity contribution in [3.05, 3.63) is 34.9 Å². The molecule has 0 aliphatic heterocycles. The summed E-state index contributed by atoms with van der Waals surface area (Å²) >= 11 is 0. The molecule has 1 rings (SSSR count). The molecule has 3 heteroatoms. The first-order valence-corrected chi connectivity index (χ1v) is 5.47. The molecule has 0 aliphatic carbocycles. The van der Waals surface area contributed by atoms with Gasteiger partial charge in [0.2, 0.25) is 0 Å². The fourth-order valence-corrected chi connectivity index (χ4v) is 1.43.